The molecule has 2 rings (SSSR count). The van der Waals surface area contributed by atoms with Crippen LogP contribution in [0.25, 0.3) is 0 Å². The molecule has 136 valence electrons. The number of halogens is 4. The normalized spacial score (nSPS) is 21.0. The van der Waals surface area contributed by atoms with Gasteiger partial charge in [-0.05, 0) is 51.7 Å². The number of hydrogen-bond acceptors (Lipinski definition) is 4. The van der Waals surface area contributed by atoms with Gasteiger partial charge in [-0.25, -0.2) is 8.42 Å². The van der Waals surface area contributed by atoms with Crippen molar-refractivity contribution in [1.29, 1.82) is 0 Å². The first-order valence-electron chi connectivity index (χ1n) is 7.55. The minimum atomic E-state index is -4.57. The van der Waals surface area contributed by atoms with Gasteiger partial charge in [-0.15, -0.1) is 0 Å². The molecule has 9 heteroatoms. The van der Waals surface area contributed by atoms with Crippen molar-refractivity contribution in [3.63, 3.8) is 0 Å². The number of hydrogen-bond donors (Lipinski definition) is 1. The minimum absolute atomic E-state index is 0.275. The van der Waals surface area contributed by atoms with E-state index in [0.717, 1.165) is 25.0 Å². The molecule has 1 aliphatic rings. The Bertz CT molecular complexity index is 686. The van der Waals surface area contributed by atoms with Gasteiger partial charge in [0.15, 0.2) is 9.84 Å². The second-order valence-corrected chi connectivity index (χ2v) is 8.52. The van der Waals surface area contributed by atoms with E-state index in [0.29, 0.717) is 19.0 Å². The van der Waals surface area contributed by atoms with Gasteiger partial charge in [0.1, 0.15) is 5.37 Å². The van der Waals surface area contributed by atoms with Crippen LogP contribution >= 0.6 is 11.6 Å². The third-order valence-electron chi connectivity index (χ3n) is 4.09. The number of sulfone groups is 1. The van der Waals surface area contributed by atoms with Gasteiger partial charge in [0.25, 0.3) is 0 Å². The van der Waals surface area contributed by atoms with E-state index in [1.165, 1.54) is 0 Å². The highest BCUT2D eigenvalue weighted by molar-refractivity contribution is 7.92. The number of likely N-dealkylation sites (N-methyl/N-ethyl adjacent to an activating group) is 1. The third kappa shape index (κ3) is 4.04. The smallest absolute Gasteiger partial charge is 0.311 e. The van der Waals surface area contributed by atoms with Crippen LogP contribution in [0.2, 0.25) is 5.02 Å². The van der Waals surface area contributed by atoms with E-state index in [1.807, 2.05) is 0 Å². The van der Waals surface area contributed by atoms with Crippen LogP contribution in [0.4, 0.5) is 13.2 Å². The van der Waals surface area contributed by atoms with Crippen LogP contribution in [-0.4, -0.2) is 45.4 Å². The average molecular weight is 385 g/mol. The van der Waals surface area contributed by atoms with Gasteiger partial charge in [-0.3, -0.25) is 4.90 Å². The summed E-state index contributed by atoms with van der Waals surface area (Å²) in [6.07, 6.45) is -2.02. The molecule has 1 unspecified atom stereocenters. The molecule has 0 amide bonds. The number of nitrogens with one attached hydrogen (secondary N) is 1. The number of alkyl halides is 3. The van der Waals surface area contributed by atoms with Crippen molar-refractivity contribution in [2.75, 3.05) is 20.6 Å². The summed E-state index contributed by atoms with van der Waals surface area (Å²) in [6, 6.07) is 2.06. The zero-order valence-electron chi connectivity index (χ0n) is 13.4. The summed E-state index contributed by atoms with van der Waals surface area (Å²) in [5.74, 6) is 0. The van der Waals surface area contributed by atoms with Crippen molar-refractivity contribution >= 4 is 21.4 Å². The van der Waals surface area contributed by atoms with Crippen LogP contribution in [-0.2, 0) is 16.0 Å². The van der Waals surface area contributed by atoms with E-state index in [4.69, 9.17) is 11.6 Å². The maximum atomic E-state index is 13.0. The predicted octanol–water partition coefficient (Wildman–Crippen LogP) is 3.16. The van der Waals surface area contributed by atoms with Gasteiger partial charge in [0, 0.05) is 6.04 Å². The lowest BCUT2D eigenvalue weighted by atomic mass is 10.0. The maximum Gasteiger partial charge on any atom is 0.416 e. The molecule has 0 radical (unpaired) electrons. The van der Waals surface area contributed by atoms with E-state index in [-0.39, 0.29) is 10.9 Å². The highest BCUT2D eigenvalue weighted by atomic mass is 35.5. The summed E-state index contributed by atoms with van der Waals surface area (Å²) in [5, 5.41) is 1.88. The minimum Gasteiger partial charge on any atom is -0.311 e. The topological polar surface area (TPSA) is 49.4 Å². The molecule has 1 aromatic carbocycles. The SMILES string of the molecule is CN(C)[C@H](C1CCCCN1)S(=O)(=O)c1ccc(C(F)(F)F)cc1Cl. The van der Waals surface area contributed by atoms with E-state index in [1.54, 1.807) is 19.0 Å². The molecule has 0 aliphatic carbocycles. The highest BCUT2D eigenvalue weighted by Crippen LogP contribution is 2.35. The molecule has 24 heavy (non-hydrogen) atoms. The molecule has 1 heterocycles. The largest absolute Gasteiger partial charge is 0.416 e. The lowest BCUT2D eigenvalue weighted by Gasteiger charge is -2.35. The summed E-state index contributed by atoms with van der Waals surface area (Å²) in [7, 11) is -0.658. The molecule has 1 fully saturated rings. The Hall–Kier alpha value is -0.830. The second kappa shape index (κ2) is 7.19. The number of rotatable bonds is 4. The van der Waals surface area contributed by atoms with Crippen LogP contribution in [0.3, 0.4) is 0 Å². The lowest BCUT2D eigenvalue weighted by Crippen LogP contribution is -2.53. The second-order valence-electron chi connectivity index (χ2n) is 6.10. The molecule has 1 aromatic rings. The summed E-state index contributed by atoms with van der Waals surface area (Å²) in [6.45, 7) is 0.714. The van der Waals surface area contributed by atoms with Gasteiger partial charge in [0.2, 0.25) is 0 Å². The zero-order valence-corrected chi connectivity index (χ0v) is 15.0. The van der Waals surface area contributed by atoms with E-state index in [2.05, 4.69) is 5.32 Å². The predicted molar refractivity (Wildman–Crippen MR) is 86.8 cm³/mol. The molecule has 1 aliphatic heterocycles. The van der Waals surface area contributed by atoms with Crippen molar-refractivity contribution in [2.24, 2.45) is 0 Å². The molecule has 2 atom stereocenters. The summed E-state index contributed by atoms with van der Waals surface area (Å²) < 4.78 is 64.3. The van der Waals surface area contributed by atoms with Gasteiger partial charge in [-0.2, -0.15) is 13.2 Å². The highest BCUT2D eigenvalue weighted by Gasteiger charge is 2.39. The van der Waals surface area contributed by atoms with Crippen LogP contribution in [0.5, 0.6) is 0 Å². The Morgan fingerprint density at radius 3 is 2.42 bits per heavy atom. The number of piperidine rings is 1. The molecule has 0 aromatic heterocycles. The monoisotopic (exact) mass is 384 g/mol. The average Bonchev–Trinajstić information content (AvgIpc) is 2.46. The Labute approximate surface area is 144 Å². The molecule has 0 saturated carbocycles. The van der Waals surface area contributed by atoms with Gasteiger partial charge < -0.3 is 5.32 Å². The van der Waals surface area contributed by atoms with Crippen molar-refractivity contribution < 1.29 is 21.6 Å². The fourth-order valence-corrected chi connectivity index (χ4v) is 5.59. The van der Waals surface area contributed by atoms with Crippen molar-refractivity contribution in [3.05, 3.63) is 28.8 Å². The number of benzene rings is 1. The fraction of sp³-hybridized carbons (Fsp3) is 0.600. The molecular weight excluding hydrogens is 365 g/mol. The Balaban J connectivity index is 2.43. The van der Waals surface area contributed by atoms with E-state index < -0.39 is 32.0 Å². The van der Waals surface area contributed by atoms with Gasteiger partial charge in [0.05, 0.1) is 15.5 Å². The Morgan fingerprint density at radius 2 is 1.96 bits per heavy atom. The fourth-order valence-electron chi connectivity index (χ4n) is 3.01. The van der Waals surface area contributed by atoms with E-state index >= 15 is 0 Å². The molecule has 0 spiro atoms. The molecule has 4 nitrogen and oxygen atoms in total. The lowest BCUT2D eigenvalue weighted by molar-refractivity contribution is -0.137. The Morgan fingerprint density at radius 1 is 1.29 bits per heavy atom. The first kappa shape index (κ1) is 19.5. The Kier molecular flexibility index (Phi) is 5.84. The van der Waals surface area contributed by atoms with Crippen molar-refractivity contribution in [1.82, 2.24) is 10.2 Å². The summed E-state index contributed by atoms with van der Waals surface area (Å²) in [4.78, 5) is 1.29. The van der Waals surface area contributed by atoms with Crippen molar-refractivity contribution in [2.45, 2.75) is 41.7 Å². The zero-order chi connectivity index (χ0) is 18.1. The van der Waals surface area contributed by atoms with Crippen molar-refractivity contribution in [3.8, 4) is 0 Å². The number of nitrogens with zero attached hydrogens (tertiary/aromatic N) is 1. The van der Waals surface area contributed by atoms with Crippen LogP contribution in [0.15, 0.2) is 23.1 Å². The quantitative estimate of drug-likeness (QED) is 0.866. The first-order chi connectivity index (χ1) is 11.0. The summed E-state index contributed by atoms with van der Waals surface area (Å²) in [5.41, 5.74) is -0.969. The standard InChI is InChI=1S/C15H20ClF3N2O2S/c1-21(2)14(12-5-3-4-8-20-12)24(22,23)13-7-6-10(9-11(13)16)15(17,18)19/h6-7,9,12,14,20H,3-5,8H2,1-2H3/t12?,14-/m0/s1. The van der Waals surface area contributed by atoms with Gasteiger partial charge in [-0.1, -0.05) is 18.0 Å². The van der Waals surface area contributed by atoms with Crippen LogP contribution in [0.1, 0.15) is 24.8 Å². The molecular formula is C15H20ClF3N2O2S. The van der Waals surface area contributed by atoms with Crippen LogP contribution in [0, 0.1) is 0 Å². The molecule has 1 saturated heterocycles. The molecule has 0 bridgehead atoms. The summed E-state index contributed by atoms with van der Waals surface area (Å²) >= 11 is 5.89. The van der Waals surface area contributed by atoms with E-state index in [9.17, 15) is 21.6 Å². The van der Waals surface area contributed by atoms with Gasteiger partial charge >= 0.3 is 6.18 Å². The third-order valence-corrected chi connectivity index (χ3v) is 6.87. The molecule has 1 N–H and O–H groups in total. The van der Waals surface area contributed by atoms with Crippen LogP contribution < -0.4 is 5.32 Å². The maximum absolute atomic E-state index is 13.0. The first-order valence-corrected chi connectivity index (χ1v) is 9.48.